The highest BCUT2D eigenvalue weighted by Crippen LogP contribution is 2.47. The van der Waals surface area contributed by atoms with Crippen LogP contribution in [0.1, 0.15) is 56.6 Å². The molecule has 0 saturated carbocycles. The minimum absolute atomic E-state index is 0.00126. The van der Waals surface area contributed by atoms with Crippen molar-refractivity contribution in [2.45, 2.75) is 45.4 Å². The molecule has 2 aromatic rings. The fraction of sp³-hybridized carbons (Fsp3) is 0.419. The Morgan fingerprint density at radius 3 is 2.45 bits per heavy atom. The fourth-order valence-electron chi connectivity index (χ4n) is 5.38. The number of rotatable bonds is 11. The van der Waals surface area contributed by atoms with Crippen molar-refractivity contribution in [1.29, 1.82) is 0 Å². The Balaban J connectivity index is 1.75. The predicted octanol–water partition coefficient (Wildman–Crippen LogP) is 5.47. The smallest absolute Gasteiger partial charge is 0.336 e. The van der Waals surface area contributed by atoms with Crippen LogP contribution >= 0.6 is 11.8 Å². The number of allylic oxidation sites excluding steroid dienone is 3. The van der Waals surface area contributed by atoms with E-state index in [1.165, 1.54) is 0 Å². The summed E-state index contributed by atoms with van der Waals surface area (Å²) < 4.78 is 22.2. The minimum Gasteiger partial charge on any atom is -0.504 e. The Morgan fingerprint density at radius 2 is 1.75 bits per heavy atom. The number of carbonyl (C=O) groups is 2. The first kappa shape index (κ1) is 29.4. The van der Waals surface area contributed by atoms with E-state index < -0.39 is 11.9 Å². The Labute approximate surface area is 239 Å². The number of thioether (sulfide) groups is 1. The molecule has 0 unspecified atom stereocenters. The number of phenolic OH excluding ortho intramolecular Hbond substituents is 1. The summed E-state index contributed by atoms with van der Waals surface area (Å²) in [6.07, 6.45) is 0.855. The van der Waals surface area contributed by atoms with Crippen LogP contribution < -0.4 is 19.5 Å². The number of methoxy groups -OCH3 is 2. The maximum atomic E-state index is 13.9. The molecule has 8 nitrogen and oxygen atoms in total. The molecule has 0 aromatic heterocycles. The van der Waals surface area contributed by atoms with Gasteiger partial charge in [-0.25, -0.2) is 4.79 Å². The Bertz CT molecular complexity index is 1330. The first-order chi connectivity index (χ1) is 19.3. The van der Waals surface area contributed by atoms with E-state index in [0.717, 1.165) is 17.0 Å². The van der Waals surface area contributed by atoms with E-state index in [2.05, 4.69) is 12.2 Å². The molecule has 0 spiro atoms. The summed E-state index contributed by atoms with van der Waals surface area (Å²) >= 11 is 1.69. The monoisotopic (exact) mass is 567 g/mol. The number of phenols is 1. The number of dihydropyridines is 1. The lowest BCUT2D eigenvalue weighted by molar-refractivity contribution is -0.138. The van der Waals surface area contributed by atoms with Crippen LogP contribution in [0.5, 0.6) is 23.0 Å². The molecule has 0 saturated heterocycles. The predicted molar refractivity (Wildman–Crippen MR) is 155 cm³/mol. The Kier molecular flexibility index (Phi) is 9.68. The van der Waals surface area contributed by atoms with Gasteiger partial charge in [0.05, 0.1) is 26.4 Å². The molecule has 0 fully saturated rings. The normalized spacial score (nSPS) is 18.7. The van der Waals surface area contributed by atoms with Crippen LogP contribution in [0, 0.1) is 0 Å². The summed E-state index contributed by atoms with van der Waals surface area (Å²) in [4.78, 5) is 27.4. The first-order valence-corrected chi connectivity index (χ1v) is 14.6. The van der Waals surface area contributed by atoms with E-state index in [4.69, 9.17) is 18.9 Å². The zero-order valence-corrected chi connectivity index (χ0v) is 24.5. The molecule has 2 aliphatic rings. The molecule has 1 aliphatic heterocycles. The molecule has 4 rings (SSSR count). The number of benzene rings is 2. The van der Waals surface area contributed by atoms with Crippen LogP contribution in [0.3, 0.4) is 0 Å². The molecule has 1 aliphatic carbocycles. The molecule has 0 bridgehead atoms. The SMILES string of the molecule is CCOc1cc([C@@H]2C(C(=O)OCCSCC)=C(C)NC3=C2C(=O)C[C@H](c2ccc(OC)c(OC)c2)C3)ccc1O. The molecular formula is C31H37NO7S. The van der Waals surface area contributed by atoms with E-state index in [-0.39, 0.29) is 30.5 Å². The van der Waals surface area contributed by atoms with Gasteiger partial charge in [-0.05, 0) is 67.3 Å². The maximum absolute atomic E-state index is 13.9. The third kappa shape index (κ3) is 6.09. The van der Waals surface area contributed by atoms with Gasteiger partial charge in [-0.2, -0.15) is 11.8 Å². The standard InChI is InChI=1S/C31H37NO7S/c1-6-38-26-17-20(8-10-23(26)33)29-28(31(35)39-12-13-40-7-2)18(3)32-22-14-21(15-24(34)30(22)29)19-9-11-25(36-4)27(16-19)37-5/h8-11,16-17,21,29,32-33H,6-7,12-15H2,1-5H3/t21-,29-/m1/s1. The molecule has 2 N–H and O–H groups in total. The second-order valence-corrected chi connectivity index (χ2v) is 11.0. The third-order valence-electron chi connectivity index (χ3n) is 7.21. The minimum atomic E-state index is -0.652. The summed E-state index contributed by atoms with van der Waals surface area (Å²) in [5, 5.41) is 13.7. The van der Waals surface area contributed by atoms with Crippen molar-refractivity contribution in [2.75, 3.05) is 38.9 Å². The number of hydrogen-bond donors (Lipinski definition) is 2. The molecular weight excluding hydrogens is 530 g/mol. The van der Waals surface area contributed by atoms with E-state index >= 15 is 0 Å². The molecule has 1 heterocycles. The van der Waals surface area contributed by atoms with Crippen molar-refractivity contribution >= 4 is 23.5 Å². The van der Waals surface area contributed by atoms with Crippen LogP contribution in [-0.2, 0) is 14.3 Å². The fourth-order valence-corrected chi connectivity index (χ4v) is 5.87. The average molecular weight is 568 g/mol. The number of hydrogen-bond acceptors (Lipinski definition) is 9. The lowest BCUT2D eigenvalue weighted by Gasteiger charge is -2.37. The van der Waals surface area contributed by atoms with Crippen molar-refractivity contribution in [1.82, 2.24) is 5.32 Å². The lowest BCUT2D eigenvalue weighted by Crippen LogP contribution is -2.36. The molecule has 0 amide bonds. The van der Waals surface area contributed by atoms with E-state index in [9.17, 15) is 14.7 Å². The largest absolute Gasteiger partial charge is 0.504 e. The van der Waals surface area contributed by atoms with Crippen LogP contribution in [0.2, 0.25) is 0 Å². The number of ether oxygens (including phenoxy) is 4. The summed E-state index contributed by atoms with van der Waals surface area (Å²) in [7, 11) is 3.18. The van der Waals surface area contributed by atoms with E-state index in [0.29, 0.717) is 58.4 Å². The van der Waals surface area contributed by atoms with Crippen LogP contribution in [0.15, 0.2) is 58.9 Å². The summed E-state index contributed by atoms with van der Waals surface area (Å²) in [5.74, 6) is 1.92. The van der Waals surface area contributed by atoms with Gasteiger partial charge >= 0.3 is 5.97 Å². The molecule has 0 radical (unpaired) electrons. The summed E-state index contributed by atoms with van der Waals surface area (Å²) in [6, 6.07) is 10.7. The van der Waals surface area contributed by atoms with Crippen molar-refractivity contribution in [3.8, 4) is 23.0 Å². The number of nitrogens with one attached hydrogen (secondary N) is 1. The Hall–Kier alpha value is -3.59. The lowest BCUT2D eigenvalue weighted by atomic mass is 9.71. The average Bonchev–Trinajstić information content (AvgIpc) is 2.95. The van der Waals surface area contributed by atoms with Gasteiger partial charge in [0.1, 0.15) is 6.61 Å². The highest BCUT2D eigenvalue weighted by atomic mass is 32.2. The zero-order valence-electron chi connectivity index (χ0n) is 23.7. The van der Waals surface area contributed by atoms with E-state index in [1.54, 1.807) is 44.2 Å². The van der Waals surface area contributed by atoms with Gasteiger partial charge in [0.25, 0.3) is 0 Å². The topological polar surface area (TPSA) is 103 Å². The van der Waals surface area contributed by atoms with Gasteiger partial charge in [0, 0.05) is 35.1 Å². The number of aromatic hydroxyl groups is 1. The van der Waals surface area contributed by atoms with Crippen LogP contribution in [0.4, 0.5) is 0 Å². The molecule has 2 aromatic carbocycles. The molecule has 214 valence electrons. The number of esters is 1. The van der Waals surface area contributed by atoms with Crippen LogP contribution in [0.25, 0.3) is 0 Å². The van der Waals surface area contributed by atoms with Gasteiger partial charge in [-0.3, -0.25) is 4.79 Å². The first-order valence-electron chi connectivity index (χ1n) is 13.5. The van der Waals surface area contributed by atoms with Crippen LogP contribution in [-0.4, -0.2) is 55.8 Å². The highest BCUT2D eigenvalue weighted by molar-refractivity contribution is 7.99. The maximum Gasteiger partial charge on any atom is 0.336 e. The second-order valence-electron chi connectivity index (χ2n) is 9.62. The quantitative estimate of drug-likeness (QED) is 0.270. The number of carbonyl (C=O) groups excluding carboxylic acids is 2. The number of ketones is 1. The van der Waals surface area contributed by atoms with Gasteiger partial charge in [0.15, 0.2) is 28.8 Å². The van der Waals surface area contributed by atoms with Gasteiger partial charge in [-0.15, -0.1) is 0 Å². The van der Waals surface area contributed by atoms with Crippen molar-refractivity contribution in [3.05, 3.63) is 70.1 Å². The van der Waals surface area contributed by atoms with Crippen molar-refractivity contribution in [2.24, 2.45) is 0 Å². The summed E-state index contributed by atoms with van der Waals surface area (Å²) in [6.45, 7) is 6.36. The van der Waals surface area contributed by atoms with Crippen molar-refractivity contribution in [3.63, 3.8) is 0 Å². The van der Waals surface area contributed by atoms with Gasteiger partial charge in [-0.1, -0.05) is 19.1 Å². The van der Waals surface area contributed by atoms with Crippen molar-refractivity contribution < 1.29 is 33.6 Å². The Morgan fingerprint density at radius 1 is 1.02 bits per heavy atom. The number of Topliss-reactive ketones (excluding diaryl/α,β-unsaturated/α-hetero) is 1. The van der Waals surface area contributed by atoms with Gasteiger partial charge in [0.2, 0.25) is 0 Å². The molecule has 40 heavy (non-hydrogen) atoms. The highest BCUT2D eigenvalue weighted by Gasteiger charge is 2.41. The summed E-state index contributed by atoms with van der Waals surface area (Å²) in [5.41, 5.74) is 4.02. The van der Waals surface area contributed by atoms with E-state index in [1.807, 2.05) is 32.0 Å². The second kappa shape index (κ2) is 13.2. The molecule has 2 atom stereocenters. The van der Waals surface area contributed by atoms with Gasteiger partial charge < -0.3 is 29.4 Å². The molecule has 9 heteroatoms. The zero-order chi connectivity index (χ0) is 28.8. The third-order valence-corrected chi connectivity index (χ3v) is 8.07.